The average molecular weight is 256 g/mol. The Balaban J connectivity index is 2.25. The van der Waals surface area contributed by atoms with E-state index in [4.69, 9.17) is 5.26 Å². The Bertz CT molecular complexity index is 566. The SMILES string of the molecule is Cc1cc(C#N)ccc1CN1C(=O)C(C)C(C)C1=O. The predicted molar refractivity (Wildman–Crippen MR) is 69.8 cm³/mol. The molecule has 98 valence electrons. The second-order valence-corrected chi connectivity index (χ2v) is 5.09. The first-order chi connectivity index (χ1) is 8.95. The lowest BCUT2D eigenvalue weighted by Crippen LogP contribution is -2.30. The normalized spacial score (nSPS) is 22.7. The molecule has 2 unspecified atom stereocenters. The van der Waals surface area contributed by atoms with E-state index in [0.717, 1.165) is 11.1 Å². The molecule has 4 nitrogen and oxygen atoms in total. The molecule has 1 saturated heterocycles. The van der Waals surface area contributed by atoms with E-state index < -0.39 is 0 Å². The lowest BCUT2D eigenvalue weighted by Gasteiger charge is -2.16. The molecule has 1 aliphatic rings. The number of aryl methyl sites for hydroxylation is 1. The zero-order valence-electron chi connectivity index (χ0n) is 11.3. The van der Waals surface area contributed by atoms with Crippen molar-refractivity contribution in [2.24, 2.45) is 11.8 Å². The smallest absolute Gasteiger partial charge is 0.233 e. The summed E-state index contributed by atoms with van der Waals surface area (Å²) < 4.78 is 0. The molecule has 19 heavy (non-hydrogen) atoms. The van der Waals surface area contributed by atoms with Crippen LogP contribution in [-0.2, 0) is 16.1 Å². The highest BCUT2D eigenvalue weighted by Gasteiger charge is 2.42. The molecule has 1 aromatic rings. The van der Waals surface area contributed by atoms with Gasteiger partial charge in [0.2, 0.25) is 11.8 Å². The predicted octanol–water partition coefficient (Wildman–Crippen LogP) is 2.01. The minimum Gasteiger partial charge on any atom is -0.278 e. The van der Waals surface area contributed by atoms with Crippen molar-refractivity contribution in [1.29, 1.82) is 5.26 Å². The summed E-state index contributed by atoms with van der Waals surface area (Å²) in [4.78, 5) is 25.4. The summed E-state index contributed by atoms with van der Waals surface area (Å²) in [6, 6.07) is 7.36. The molecular weight excluding hydrogens is 240 g/mol. The number of amides is 2. The molecule has 2 amide bonds. The quantitative estimate of drug-likeness (QED) is 0.760. The van der Waals surface area contributed by atoms with Crippen LogP contribution in [0, 0.1) is 30.1 Å². The number of nitriles is 1. The molecule has 0 spiro atoms. The van der Waals surface area contributed by atoms with Gasteiger partial charge in [0, 0.05) is 11.8 Å². The molecule has 1 fully saturated rings. The van der Waals surface area contributed by atoms with E-state index >= 15 is 0 Å². The number of benzene rings is 1. The maximum absolute atomic E-state index is 12.0. The monoisotopic (exact) mass is 256 g/mol. The highest BCUT2D eigenvalue weighted by Crippen LogP contribution is 2.27. The van der Waals surface area contributed by atoms with Crippen molar-refractivity contribution in [3.8, 4) is 6.07 Å². The van der Waals surface area contributed by atoms with Crippen molar-refractivity contribution in [3.05, 3.63) is 34.9 Å². The Morgan fingerprint density at radius 1 is 1.21 bits per heavy atom. The number of likely N-dealkylation sites (tertiary alicyclic amines) is 1. The van der Waals surface area contributed by atoms with Crippen molar-refractivity contribution in [3.63, 3.8) is 0 Å². The maximum atomic E-state index is 12.0. The number of hydrogen-bond acceptors (Lipinski definition) is 3. The minimum atomic E-state index is -0.244. The third kappa shape index (κ3) is 2.24. The topological polar surface area (TPSA) is 61.2 Å². The van der Waals surface area contributed by atoms with Crippen LogP contribution in [0.1, 0.15) is 30.5 Å². The van der Waals surface area contributed by atoms with Gasteiger partial charge in [0.05, 0.1) is 18.2 Å². The van der Waals surface area contributed by atoms with Crippen molar-refractivity contribution >= 4 is 11.8 Å². The van der Waals surface area contributed by atoms with Crippen molar-refractivity contribution in [2.75, 3.05) is 0 Å². The van der Waals surface area contributed by atoms with E-state index in [1.165, 1.54) is 4.90 Å². The second kappa shape index (κ2) is 4.85. The van der Waals surface area contributed by atoms with Gasteiger partial charge in [-0.25, -0.2) is 0 Å². The van der Waals surface area contributed by atoms with Crippen LogP contribution in [0.15, 0.2) is 18.2 Å². The van der Waals surface area contributed by atoms with Crippen LogP contribution in [0.4, 0.5) is 0 Å². The molecule has 1 heterocycles. The van der Waals surface area contributed by atoms with Gasteiger partial charge >= 0.3 is 0 Å². The van der Waals surface area contributed by atoms with Gasteiger partial charge in [-0.15, -0.1) is 0 Å². The largest absolute Gasteiger partial charge is 0.278 e. The Morgan fingerprint density at radius 3 is 2.26 bits per heavy atom. The maximum Gasteiger partial charge on any atom is 0.233 e. The number of carbonyl (C=O) groups is 2. The summed E-state index contributed by atoms with van der Waals surface area (Å²) in [7, 11) is 0. The van der Waals surface area contributed by atoms with Gasteiger partial charge in [0.1, 0.15) is 0 Å². The highest BCUT2D eigenvalue weighted by molar-refractivity contribution is 6.04. The minimum absolute atomic E-state index is 0.110. The fourth-order valence-corrected chi connectivity index (χ4v) is 2.30. The lowest BCUT2D eigenvalue weighted by atomic mass is 10.00. The average Bonchev–Trinajstić information content (AvgIpc) is 2.58. The molecule has 1 aromatic carbocycles. The van der Waals surface area contributed by atoms with E-state index in [1.807, 2.05) is 13.0 Å². The Labute approximate surface area is 112 Å². The van der Waals surface area contributed by atoms with Gasteiger partial charge in [-0.05, 0) is 30.2 Å². The van der Waals surface area contributed by atoms with Gasteiger partial charge in [0.15, 0.2) is 0 Å². The van der Waals surface area contributed by atoms with Crippen LogP contribution in [0.3, 0.4) is 0 Å². The molecular formula is C15H16N2O2. The summed E-state index contributed by atoms with van der Waals surface area (Å²) in [5.41, 5.74) is 2.41. The molecule has 0 bridgehead atoms. The Morgan fingerprint density at radius 2 is 1.79 bits per heavy atom. The molecule has 2 atom stereocenters. The molecule has 0 radical (unpaired) electrons. The first-order valence-corrected chi connectivity index (χ1v) is 6.30. The third-order valence-electron chi connectivity index (χ3n) is 3.86. The number of rotatable bonds is 2. The summed E-state index contributed by atoms with van der Waals surface area (Å²) in [5, 5.41) is 8.82. The summed E-state index contributed by atoms with van der Waals surface area (Å²) in [6.07, 6.45) is 0. The van der Waals surface area contributed by atoms with E-state index in [1.54, 1.807) is 26.0 Å². The fourth-order valence-electron chi connectivity index (χ4n) is 2.30. The van der Waals surface area contributed by atoms with Crippen molar-refractivity contribution in [2.45, 2.75) is 27.3 Å². The van der Waals surface area contributed by atoms with Gasteiger partial charge in [-0.2, -0.15) is 5.26 Å². The third-order valence-corrected chi connectivity index (χ3v) is 3.86. The Hall–Kier alpha value is -2.15. The van der Waals surface area contributed by atoms with Gasteiger partial charge in [-0.3, -0.25) is 14.5 Å². The van der Waals surface area contributed by atoms with Gasteiger partial charge in [0.25, 0.3) is 0 Å². The van der Waals surface area contributed by atoms with Crippen LogP contribution in [0.2, 0.25) is 0 Å². The molecule has 0 aromatic heterocycles. The standard InChI is InChI=1S/C15H16N2O2/c1-9-6-12(7-16)4-5-13(9)8-17-14(18)10(2)11(3)15(17)19/h4-6,10-11H,8H2,1-3H3. The first-order valence-electron chi connectivity index (χ1n) is 6.30. The fraction of sp³-hybridized carbons (Fsp3) is 0.400. The van der Waals surface area contributed by atoms with E-state index in [0.29, 0.717) is 12.1 Å². The lowest BCUT2D eigenvalue weighted by molar-refractivity contribution is -0.140. The van der Waals surface area contributed by atoms with Crippen LogP contribution >= 0.6 is 0 Å². The summed E-state index contributed by atoms with van der Waals surface area (Å²) >= 11 is 0. The molecule has 4 heteroatoms. The van der Waals surface area contributed by atoms with E-state index in [2.05, 4.69) is 6.07 Å². The molecule has 0 aliphatic carbocycles. The first kappa shape index (κ1) is 13.3. The molecule has 0 saturated carbocycles. The second-order valence-electron chi connectivity index (χ2n) is 5.09. The number of carbonyl (C=O) groups excluding carboxylic acids is 2. The zero-order chi connectivity index (χ0) is 14.2. The molecule has 2 rings (SSSR count). The van der Waals surface area contributed by atoms with Crippen LogP contribution in [0.5, 0.6) is 0 Å². The molecule has 0 N–H and O–H groups in total. The van der Waals surface area contributed by atoms with Crippen molar-refractivity contribution in [1.82, 2.24) is 4.90 Å². The number of hydrogen-bond donors (Lipinski definition) is 0. The van der Waals surface area contributed by atoms with E-state index in [9.17, 15) is 9.59 Å². The highest BCUT2D eigenvalue weighted by atomic mass is 16.2. The number of nitrogens with zero attached hydrogens (tertiary/aromatic N) is 2. The van der Waals surface area contributed by atoms with Crippen LogP contribution < -0.4 is 0 Å². The van der Waals surface area contributed by atoms with Gasteiger partial charge in [-0.1, -0.05) is 19.9 Å². The van der Waals surface area contributed by atoms with Gasteiger partial charge < -0.3 is 0 Å². The summed E-state index contributed by atoms with van der Waals surface area (Å²) in [6.45, 7) is 5.75. The zero-order valence-corrected chi connectivity index (χ0v) is 11.3. The van der Waals surface area contributed by atoms with E-state index in [-0.39, 0.29) is 23.7 Å². The van der Waals surface area contributed by atoms with Crippen LogP contribution in [0.25, 0.3) is 0 Å². The molecule has 1 aliphatic heterocycles. The summed E-state index contributed by atoms with van der Waals surface area (Å²) in [5.74, 6) is -0.708. The van der Waals surface area contributed by atoms with Crippen molar-refractivity contribution < 1.29 is 9.59 Å². The van der Waals surface area contributed by atoms with Crippen LogP contribution in [-0.4, -0.2) is 16.7 Å². The Kier molecular flexibility index (Phi) is 3.39. The number of imide groups is 1.